The van der Waals surface area contributed by atoms with Gasteiger partial charge in [-0.2, -0.15) is 0 Å². The quantitative estimate of drug-likeness (QED) is 0.363. The highest BCUT2D eigenvalue weighted by molar-refractivity contribution is 7.92. The second-order valence-corrected chi connectivity index (χ2v) is 12.5. The van der Waals surface area contributed by atoms with Crippen molar-refractivity contribution >= 4 is 27.5 Å². The van der Waals surface area contributed by atoms with Crippen LogP contribution in [0.1, 0.15) is 48.8 Å². The Balaban J connectivity index is 1.71. The summed E-state index contributed by atoms with van der Waals surface area (Å²) in [5, 5.41) is 3.22. The van der Waals surface area contributed by atoms with Crippen molar-refractivity contribution in [1.82, 2.24) is 10.2 Å². The first-order chi connectivity index (χ1) is 19.2. The van der Waals surface area contributed by atoms with Crippen LogP contribution in [0.4, 0.5) is 5.69 Å². The molecule has 3 aromatic carbocycles. The van der Waals surface area contributed by atoms with E-state index in [1.54, 1.807) is 17.0 Å². The van der Waals surface area contributed by atoms with Crippen LogP contribution >= 0.6 is 0 Å². The van der Waals surface area contributed by atoms with E-state index in [1.807, 2.05) is 79.7 Å². The molecule has 4 rings (SSSR count). The van der Waals surface area contributed by atoms with Crippen molar-refractivity contribution in [2.24, 2.45) is 0 Å². The van der Waals surface area contributed by atoms with Crippen LogP contribution in [0, 0.1) is 6.92 Å². The number of aryl methyl sites for hydroxylation is 1. The molecule has 40 heavy (non-hydrogen) atoms. The van der Waals surface area contributed by atoms with Gasteiger partial charge in [-0.05, 0) is 42.5 Å². The second-order valence-electron chi connectivity index (χ2n) is 10.6. The van der Waals surface area contributed by atoms with E-state index in [-0.39, 0.29) is 18.5 Å². The predicted octanol–water partition coefficient (Wildman–Crippen LogP) is 4.85. The van der Waals surface area contributed by atoms with Crippen LogP contribution < -0.4 is 9.62 Å². The number of hydrogen-bond donors (Lipinski definition) is 1. The molecule has 0 aromatic heterocycles. The summed E-state index contributed by atoms with van der Waals surface area (Å²) >= 11 is 0. The molecule has 8 heteroatoms. The molecule has 0 aliphatic heterocycles. The molecular weight excluding hydrogens is 522 g/mol. The standard InChI is InChI=1S/C32H39N3O4S/c1-25-14-12-13-21-29(25)35(40(2,38)39)24-31(36)34(23-27-17-8-4-9-18-27)30(22-26-15-6-3-7-16-26)32(37)33-28-19-10-5-11-20-28/h3-4,6-9,12-18,21,28,30H,5,10-11,19-20,22-24H2,1-2H3,(H,33,37)/t30-/m1/s1. The smallest absolute Gasteiger partial charge is 0.244 e. The zero-order valence-corrected chi connectivity index (χ0v) is 24.1. The molecule has 0 spiro atoms. The molecule has 0 bridgehead atoms. The highest BCUT2D eigenvalue weighted by atomic mass is 32.2. The van der Waals surface area contributed by atoms with Gasteiger partial charge in [0.25, 0.3) is 0 Å². The fraction of sp³-hybridized carbons (Fsp3) is 0.375. The van der Waals surface area contributed by atoms with Crippen molar-refractivity contribution in [3.8, 4) is 0 Å². The molecule has 212 valence electrons. The number of nitrogens with one attached hydrogen (secondary N) is 1. The summed E-state index contributed by atoms with van der Waals surface area (Å²) in [5.74, 6) is -0.640. The van der Waals surface area contributed by atoms with Crippen molar-refractivity contribution < 1.29 is 18.0 Å². The van der Waals surface area contributed by atoms with Gasteiger partial charge in [0, 0.05) is 19.0 Å². The lowest BCUT2D eigenvalue weighted by atomic mass is 9.94. The van der Waals surface area contributed by atoms with Crippen LogP contribution in [-0.4, -0.2) is 50.0 Å². The van der Waals surface area contributed by atoms with Crippen molar-refractivity contribution in [2.75, 3.05) is 17.1 Å². The minimum absolute atomic E-state index is 0.0766. The van der Waals surface area contributed by atoms with Gasteiger partial charge in [-0.25, -0.2) is 8.42 Å². The molecule has 0 radical (unpaired) electrons. The summed E-state index contributed by atoms with van der Waals surface area (Å²) in [6.07, 6.45) is 6.57. The molecule has 1 aliphatic rings. The average Bonchev–Trinajstić information content (AvgIpc) is 2.95. The number of rotatable bonds is 11. The number of sulfonamides is 1. The molecule has 2 amide bonds. The largest absolute Gasteiger partial charge is 0.352 e. The average molecular weight is 562 g/mol. The summed E-state index contributed by atoms with van der Waals surface area (Å²) in [6.45, 7) is 1.59. The highest BCUT2D eigenvalue weighted by Gasteiger charge is 2.34. The molecule has 1 atom stereocenters. The van der Waals surface area contributed by atoms with E-state index < -0.39 is 28.5 Å². The number of hydrogen-bond acceptors (Lipinski definition) is 4. The van der Waals surface area contributed by atoms with Crippen LogP contribution in [0.5, 0.6) is 0 Å². The molecule has 3 aromatic rings. The Morgan fingerprint density at radius 1 is 0.850 bits per heavy atom. The maximum Gasteiger partial charge on any atom is 0.244 e. The normalized spacial score (nSPS) is 14.8. The van der Waals surface area contributed by atoms with Crippen LogP contribution in [-0.2, 0) is 32.6 Å². The molecule has 1 fully saturated rings. The SMILES string of the molecule is Cc1ccccc1N(CC(=O)N(Cc1ccccc1)[C@H](Cc1ccccc1)C(=O)NC1CCCCC1)S(C)(=O)=O. The fourth-order valence-corrected chi connectivity index (χ4v) is 6.22. The molecule has 0 unspecified atom stereocenters. The maximum atomic E-state index is 14.2. The van der Waals surface area contributed by atoms with Crippen molar-refractivity contribution in [2.45, 2.75) is 64.1 Å². The molecular formula is C32H39N3O4S. The number of nitrogens with zero attached hydrogens (tertiary/aromatic N) is 2. The number of carbonyl (C=O) groups excluding carboxylic acids is 2. The third-order valence-corrected chi connectivity index (χ3v) is 8.61. The molecule has 1 aliphatic carbocycles. The van der Waals surface area contributed by atoms with Gasteiger partial charge >= 0.3 is 0 Å². The van der Waals surface area contributed by atoms with Gasteiger partial charge in [-0.15, -0.1) is 0 Å². The van der Waals surface area contributed by atoms with Gasteiger partial charge in [0.05, 0.1) is 11.9 Å². The Morgan fingerprint density at radius 3 is 2.02 bits per heavy atom. The van der Waals surface area contributed by atoms with Crippen LogP contribution in [0.15, 0.2) is 84.9 Å². The number of para-hydroxylation sites is 1. The lowest BCUT2D eigenvalue weighted by molar-refractivity contribution is -0.140. The van der Waals surface area contributed by atoms with Crippen molar-refractivity contribution in [1.29, 1.82) is 0 Å². The van der Waals surface area contributed by atoms with Crippen LogP contribution in [0.3, 0.4) is 0 Å². The van der Waals surface area contributed by atoms with E-state index in [0.29, 0.717) is 12.1 Å². The minimum atomic E-state index is -3.78. The third-order valence-electron chi connectivity index (χ3n) is 7.48. The second kappa shape index (κ2) is 13.6. The van der Waals surface area contributed by atoms with Gasteiger partial charge in [0.2, 0.25) is 21.8 Å². The third kappa shape index (κ3) is 7.94. The van der Waals surface area contributed by atoms with Gasteiger partial charge in [-0.3, -0.25) is 13.9 Å². The first kappa shape index (κ1) is 29.3. The molecule has 7 nitrogen and oxygen atoms in total. The lowest BCUT2D eigenvalue weighted by Gasteiger charge is -2.35. The fourth-order valence-electron chi connectivity index (χ4n) is 5.32. The van der Waals surface area contributed by atoms with Gasteiger partial charge in [0.15, 0.2) is 0 Å². The molecule has 1 N–H and O–H groups in total. The lowest BCUT2D eigenvalue weighted by Crippen LogP contribution is -2.55. The van der Waals surface area contributed by atoms with Crippen LogP contribution in [0.2, 0.25) is 0 Å². The number of amides is 2. The zero-order valence-electron chi connectivity index (χ0n) is 23.3. The Morgan fingerprint density at radius 2 is 1.43 bits per heavy atom. The Labute approximate surface area is 238 Å². The first-order valence-electron chi connectivity index (χ1n) is 13.9. The van der Waals surface area contributed by atoms with Gasteiger partial charge < -0.3 is 10.2 Å². The molecule has 0 saturated heterocycles. The predicted molar refractivity (Wildman–Crippen MR) is 159 cm³/mol. The Hall–Kier alpha value is -3.65. The van der Waals surface area contributed by atoms with E-state index in [0.717, 1.165) is 52.9 Å². The Bertz CT molecular complexity index is 1370. The zero-order chi connectivity index (χ0) is 28.5. The van der Waals surface area contributed by atoms with E-state index >= 15 is 0 Å². The van der Waals surface area contributed by atoms with Crippen LogP contribution in [0.25, 0.3) is 0 Å². The summed E-state index contributed by atoms with van der Waals surface area (Å²) in [7, 11) is -3.78. The molecule has 0 heterocycles. The number of carbonyl (C=O) groups is 2. The monoisotopic (exact) mass is 561 g/mol. The number of benzene rings is 3. The highest BCUT2D eigenvalue weighted by Crippen LogP contribution is 2.24. The van der Waals surface area contributed by atoms with E-state index in [4.69, 9.17) is 0 Å². The number of anilines is 1. The van der Waals surface area contributed by atoms with Gasteiger partial charge in [-0.1, -0.05) is 98.1 Å². The Kier molecular flexibility index (Phi) is 9.98. The topological polar surface area (TPSA) is 86.8 Å². The summed E-state index contributed by atoms with van der Waals surface area (Å²) in [5.41, 5.74) is 2.98. The van der Waals surface area contributed by atoms with E-state index in [1.165, 1.54) is 6.42 Å². The summed E-state index contributed by atoms with van der Waals surface area (Å²) in [6, 6.07) is 25.5. The van der Waals surface area contributed by atoms with Gasteiger partial charge in [0.1, 0.15) is 12.6 Å². The van der Waals surface area contributed by atoms with E-state index in [9.17, 15) is 18.0 Å². The van der Waals surface area contributed by atoms with E-state index in [2.05, 4.69) is 5.32 Å². The van der Waals surface area contributed by atoms with Crippen molar-refractivity contribution in [3.63, 3.8) is 0 Å². The maximum absolute atomic E-state index is 14.2. The summed E-state index contributed by atoms with van der Waals surface area (Å²) in [4.78, 5) is 29.6. The van der Waals surface area contributed by atoms with Crippen molar-refractivity contribution in [3.05, 3.63) is 102 Å². The molecule has 1 saturated carbocycles. The summed E-state index contributed by atoms with van der Waals surface area (Å²) < 4.78 is 27.0. The minimum Gasteiger partial charge on any atom is -0.352 e. The first-order valence-corrected chi connectivity index (χ1v) is 15.8.